The standard InChI is InChI=1S/C12H26ClSi2/c1-3-5-8-14-9-7-11-15(13,12-14)10-6-4-2/h3-12H2,1-2H3. The monoisotopic (exact) mass is 261 g/mol. The van der Waals surface area contributed by atoms with Gasteiger partial charge in [0.05, 0.1) is 0 Å². The van der Waals surface area contributed by atoms with E-state index in [0.717, 1.165) is 0 Å². The summed E-state index contributed by atoms with van der Waals surface area (Å²) in [5, 5.41) is 0. The molecule has 0 aromatic heterocycles. The molecule has 0 amide bonds. The fraction of sp³-hybridized carbons (Fsp3) is 1.00. The molecule has 3 heteroatoms. The van der Waals surface area contributed by atoms with Gasteiger partial charge in [-0.1, -0.05) is 58.0 Å². The summed E-state index contributed by atoms with van der Waals surface area (Å²) in [6.07, 6.45) is 7.03. The fourth-order valence-corrected chi connectivity index (χ4v) is 15.7. The number of halogens is 1. The van der Waals surface area contributed by atoms with Gasteiger partial charge in [-0.05, 0) is 17.8 Å². The predicted molar refractivity (Wildman–Crippen MR) is 75.8 cm³/mol. The first kappa shape index (κ1) is 13.8. The summed E-state index contributed by atoms with van der Waals surface area (Å²) in [5.41, 5.74) is 1.53. The average molecular weight is 262 g/mol. The van der Waals surface area contributed by atoms with Gasteiger partial charge < -0.3 is 0 Å². The Labute approximate surface area is 103 Å². The molecule has 89 valence electrons. The van der Waals surface area contributed by atoms with Gasteiger partial charge in [-0.2, -0.15) is 11.1 Å². The van der Waals surface area contributed by atoms with Crippen molar-refractivity contribution >= 4 is 27.3 Å². The van der Waals surface area contributed by atoms with Crippen LogP contribution < -0.4 is 0 Å². The van der Waals surface area contributed by atoms with Gasteiger partial charge in [0.1, 0.15) is 0 Å². The van der Waals surface area contributed by atoms with Crippen LogP contribution >= 0.6 is 11.1 Å². The molecular formula is C12H26ClSi2. The Bertz CT molecular complexity index is 175. The van der Waals surface area contributed by atoms with Gasteiger partial charge in [-0.25, -0.2) is 0 Å². The quantitative estimate of drug-likeness (QED) is 0.455. The minimum Gasteiger partial charge on any atom is -0.167 e. The van der Waals surface area contributed by atoms with Crippen molar-refractivity contribution in [1.29, 1.82) is 0 Å². The lowest BCUT2D eigenvalue weighted by Gasteiger charge is -2.33. The van der Waals surface area contributed by atoms with Crippen LogP contribution in [0.15, 0.2) is 0 Å². The Kier molecular flexibility index (Phi) is 6.55. The van der Waals surface area contributed by atoms with Crippen LogP contribution in [-0.2, 0) is 0 Å². The summed E-state index contributed by atoms with van der Waals surface area (Å²) in [7, 11) is -1.27. The van der Waals surface area contributed by atoms with Gasteiger partial charge in [0.2, 0.25) is 0 Å². The minimum atomic E-state index is -1.25. The van der Waals surface area contributed by atoms with Crippen molar-refractivity contribution in [3.63, 3.8) is 0 Å². The van der Waals surface area contributed by atoms with Crippen LogP contribution in [0.2, 0.25) is 29.8 Å². The molecule has 1 rings (SSSR count). The lowest BCUT2D eigenvalue weighted by molar-refractivity contribution is 0.842. The smallest absolute Gasteiger partial charge is 0.153 e. The first-order valence-electron chi connectivity index (χ1n) is 6.72. The highest BCUT2D eigenvalue weighted by Crippen LogP contribution is 2.37. The highest BCUT2D eigenvalue weighted by atomic mass is 35.6. The predicted octanol–water partition coefficient (Wildman–Crippen LogP) is 5.21. The Morgan fingerprint density at radius 3 is 2.60 bits per heavy atom. The highest BCUT2D eigenvalue weighted by Gasteiger charge is 2.36. The molecular weight excluding hydrogens is 236 g/mol. The van der Waals surface area contributed by atoms with Crippen LogP contribution in [0, 0.1) is 0 Å². The molecule has 1 aliphatic heterocycles. The molecule has 0 N–H and O–H groups in total. The van der Waals surface area contributed by atoms with Crippen LogP contribution in [-0.4, -0.2) is 16.2 Å². The van der Waals surface area contributed by atoms with E-state index in [2.05, 4.69) is 13.8 Å². The van der Waals surface area contributed by atoms with Gasteiger partial charge in [-0.15, -0.1) is 0 Å². The molecule has 0 bridgehead atoms. The molecule has 0 nitrogen and oxygen atoms in total. The molecule has 1 saturated heterocycles. The number of rotatable bonds is 6. The van der Waals surface area contributed by atoms with Crippen molar-refractivity contribution in [3.8, 4) is 0 Å². The Morgan fingerprint density at radius 2 is 1.93 bits per heavy atom. The topological polar surface area (TPSA) is 0 Å². The zero-order valence-electron chi connectivity index (χ0n) is 10.4. The maximum atomic E-state index is 6.89. The molecule has 1 unspecified atom stereocenters. The normalized spacial score (nSPS) is 28.2. The van der Waals surface area contributed by atoms with Gasteiger partial charge in [0.15, 0.2) is 7.38 Å². The van der Waals surface area contributed by atoms with E-state index in [9.17, 15) is 0 Å². The van der Waals surface area contributed by atoms with Gasteiger partial charge in [-0.3, -0.25) is 0 Å². The molecule has 0 aliphatic carbocycles. The van der Waals surface area contributed by atoms with Crippen molar-refractivity contribution in [1.82, 2.24) is 0 Å². The lowest BCUT2D eigenvalue weighted by atomic mass is 10.4. The Morgan fingerprint density at radius 1 is 1.20 bits per heavy atom. The molecule has 1 fully saturated rings. The van der Waals surface area contributed by atoms with E-state index in [1.54, 1.807) is 12.1 Å². The van der Waals surface area contributed by atoms with Crippen molar-refractivity contribution in [2.45, 2.75) is 75.8 Å². The van der Waals surface area contributed by atoms with Crippen LogP contribution in [0.1, 0.15) is 46.0 Å². The van der Waals surface area contributed by atoms with E-state index in [1.165, 1.54) is 49.9 Å². The maximum absolute atomic E-state index is 6.89. The number of unbranched alkanes of at least 4 members (excludes halogenated alkanes) is 2. The van der Waals surface area contributed by atoms with Gasteiger partial charge in [0, 0.05) is 8.80 Å². The Hall–Kier alpha value is 0.724. The SMILES string of the molecule is CCCC[Si]1CCC[Si](Cl)(CCCC)C1. The molecule has 1 atom stereocenters. The first-order valence-corrected chi connectivity index (χ1v) is 12.5. The largest absolute Gasteiger partial charge is 0.167 e. The molecule has 1 aliphatic rings. The molecule has 1 radical (unpaired) electrons. The van der Waals surface area contributed by atoms with Gasteiger partial charge in [0.25, 0.3) is 0 Å². The molecule has 0 aromatic rings. The average Bonchev–Trinajstić information content (AvgIpc) is 2.24. The summed E-state index contributed by atoms with van der Waals surface area (Å²) in [5.74, 6) is 0. The highest BCUT2D eigenvalue weighted by molar-refractivity contribution is 7.23. The third-order valence-corrected chi connectivity index (χ3v) is 15.1. The minimum absolute atomic E-state index is 0.0170. The second-order valence-corrected chi connectivity index (χ2v) is 14.8. The molecule has 0 spiro atoms. The summed E-state index contributed by atoms with van der Waals surface area (Å²) in [6, 6.07) is 5.95. The van der Waals surface area contributed by atoms with E-state index < -0.39 is 7.38 Å². The van der Waals surface area contributed by atoms with Crippen molar-refractivity contribution < 1.29 is 0 Å². The summed E-state index contributed by atoms with van der Waals surface area (Å²) in [4.78, 5) is 0. The van der Waals surface area contributed by atoms with Gasteiger partial charge >= 0.3 is 0 Å². The van der Waals surface area contributed by atoms with E-state index >= 15 is 0 Å². The van der Waals surface area contributed by atoms with Crippen LogP contribution in [0.5, 0.6) is 0 Å². The third-order valence-electron chi connectivity index (χ3n) is 3.58. The second-order valence-electron chi connectivity index (χ2n) is 5.14. The Balaban J connectivity index is 2.32. The zero-order valence-corrected chi connectivity index (χ0v) is 13.2. The number of hydrogen-bond donors (Lipinski definition) is 0. The van der Waals surface area contributed by atoms with E-state index in [1.807, 2.05) is 0 Å². The fourth-order valence-electron chi connectivity index (χ4n) is 2.63. The summed E-state index contributed by atoms with van der Waals surface area (Å²) in [6.45, 7) is 4.61. The van der Waals surface area contributed by atoms with Crippen LogP contribution in [0.3, 0.4) is 0 Å². The van der Waals surface area contributed by atoms with Crippen molar-refractivity contribution in [3.05, 3.63) is 0 Å². The first-order chi connectivity index (χ1) is 7.20. The summed E-state index contributed by atoms with van der Waals surface area (Å²) >= 11 is 6.89. The molecule has 0 aromatic carbocycles. The van der Waals surface area contributed by atoms with Crippen molar-refractivity contribution in [2.24, 2.45) is 0 Å². The zero-order chi connectivity index (χ0) is 11.1. The van der Waals surface area contributed by atoms with Crippen molar-refractivity contribution in [2.75, 3.05) is 0 Å². The third kappa shape index (κ3) is 5.05. The molecule has 0 saturated carbocycles. The second kappa shape index (κ2) is 7.13. The van der Waals surface area contributed by atoms with E-state index in [-0.39, 0.29) is 8.80 Å². The maximum Gasteiger partial charge on any atom is 0.153 e. The molecule has 15 heavy (non-hydrogen) atoms. The van der Waals surface area contributed by atoms with E-state index in [0.29, 0.717) is 0 Å². The molecule has 1 heterocycles. The van der Waals surface area contributed by atoms with Crippen LogP contribution in [0.25, 0.3) is 0 Å². The summed E-state index contributed by atoms with van der Waals surface area (Å²) < 4.78 is 0. The number of hydrogen-bond acceptors (Lipinski definition) is 0. The lowest BCUT2D eigenvalue weighted by Crippen LogP contribution is -2.37. The van der Waals surface area contributed by atoms with E-state index in [4.69, 9.17) is 11.1 Å². The van der Waals surface area contributed by atoms with Crippen LogP contribution in [0.4, 0.5) is 0 Å².